The molecule has 1 N–H and O–H groups in total. The van der Waals surface area contributed by atoms with E-state index in [-0.39, 0.29) is 11.1 Å². The highest BCUT2D eigenvalue weighted by Gasteiger charge is 2.39. The van der Waals surface area contributed by atoms with Gasteiger partial charge in [0, 0.05) is 17.7 Å². The van der Waals surface area contributed by atoms with Crippen LogP contribution in [-0.4, -0.2) is 23.8 Å². The first-order valence-electron chi connectivity index (χ1n) is 7.17. The summed E-state index contributed by atoms with van der Waals surface area (Å²) in [6.07, 6.45) is 5.22. The van der Waals surface area contributed by atoms with Crippen LogP contribution in [0.2, 0.25) is 0 Å². The summed E-state index contributed by atoms with van der Waals surface area (Å²) in [5.41, 5.74) is 0.462. The van der Waals surface area contributed by atoms with Gasteiger partial charge in [0.1, 0.15) is 0 Å². The molecule has 2 heteroatoms. The van der Waals surface area contributed by atoms with Gasteiger partial charge in [-0.15, -0.1) is 0 Å². The predicted octanol–water partition coefficient (Wildman–Crippen LogP) is 3.75. The smallest absolute Gasteiger partial charge is 0.0576 e. The quantitative estimate of drug-likeness (QED) is 0.740. The molecule has 0 spiro atoms. The van der Waals surface area contributed by atoms with Gasteiger partial charge in [-0.3, -0.25) is 0 Å². The van der Waals surface area contributed by atoms with Gasteiger partial charge in [0.25, 0.3) is 0 Å². The number of unbranched alkanes of at least 4 members (excludes halogenated alkanes) is 1. The Balaban J connectivity index is 2.52. The highest BCUT2D eigenvalue weighted by Crippen LogP contribution is 2.35. The number of rotatable bonds is 5. The molecule has 1 fully saturated rings. The van der Waals surface area contributed by atoms with Crippen molar-refractivity contribution >= 4 is 0 Å². The van der Waals surface area contributed by atoms with E-state index in [1.165, 1.54) is 25.7 Å². The maximum absolute atomic E-state index is 5.98. The van der Waals surface area contributed by atoms with Crippen molar-refractivity contribution in [1.29, 1.82) is 0 Å². The fourth-order valence-electron chi connectivity index (χ4n) is 3.28. The van der Waals surface area contributed by atoms with E-state index < -0.39 is 0 Å². The first-order valence-corrected chi connectivity index (χ1v) is 7.17. The fraction of sp³-hybridized carbons (Fsp3) is 1.00. The van der Waals surface area contributed by atoms with Crippen LogP contribution in [0.1, 0.15) is 67.2 Å². The lowest BCUT2D eigenvalue weighted by molar-refractivity contribution is -0.0178. The molecule has 1 saturated heterocycles. The summed E-state index contributed by atoms with van der Waals surface area (Å²) in [6, 6.07) is 0. The number of piperidine rings is 1. The average molecular weight is 241 g/mol. The first-order chi connectivity index (χ1) is 7.76. The van der Waals surface area contributed by atoms with Crippen molar-refractivity contribution in [2.24, 2.45) is 5.92 Å². The summed E-state index contributed by atoms with van der Waals surface area (Å²) in [5.74, 6) is 0.679. The fourth-order valence-corrected chi connectivity index (χ4v) is 3.28. The van der Waals surface area contributed by atoms with Gasteiger partial charge in [-0.2, -0.15) is 0 Å². The predicted molar refractivity (Wildman–Crippen MR) is 74.3 cm³/mol. The Bertz CT molecular complexity index is 219. The van der Waals surface area contributed by atoms with Crippen molar-refractivity contribution in [3.63, 3.8) is 0 Å². The van der Waals surface area contributed by atoms with Crippen LogP contribution >= 0.6 is 0 Å². The molecule has 17 heavy (non-hydrogen) atoms. The molecular formula is C15H31NO. The van der Waals surface area contributed by atoms with Crippen molar-refractivity contribution in [2.45, 2.75) is 84.4 Å². The minimum atomic E-state index is 0.231. The van der Waals surface area contributed by atoms with E-state index in [1.807, 2.05) is 0 Å². The molecule has 0 aromatic rings. The van der Waals surface area contributed by atoms with E-state index in [9.17, 15) is 0 Å². The van der Waals surface area contributed by atoms with Gasteiger partial charge in [0.15, 0.2) is 0 Å². The molecule has 102 valence electrons. The van der Waals surface area contributed by atoms with Crippen molar-refractivity contribution in [1.82, 2.24) is 5.32 Å². The summed E-state index contributed by atoms with van der Waals surface area (Å²) in [6.45, 7) is 14.6. The topological polar surface area (TPSA) is 21.3 Å². The maximum atomic E-state index is 5.98. The molecule has 1 rings (SSSR count). The second-order valence-corrected chi connectivity index (χ2v) is 6.99. The van der Waals surface area contributed by atoms with Crippen molar-refractivity contribution in [3.05, 3.63) is 0 Å². The molecule has 1 aliphatic heterocycles. The lowest BCUT2D eigenvalue weighted by Gasteiger charge is -2.48. The van der Waals surface area contributed by atoms with E-state index >= 15 is 0 Å². The van der Waals surface area contributed by atoms with Crippen molar-refractivity contribution in [2.75, 3.05) is 6.61 Å². The van der Waals surface area contributed by atoms with E-state index in [1.54, 1.807) is 0 Å². The molecule has 0 radical (unpaired) electrons. The summed E-state index contributed by atoms with van der Waals surface area (Å²) < 4.78 is 5.98. The van der Waals surface area contributed by atoms with Gasteiger partial charge in [0.05, 0.1) is 6.10 Å². The van der Waals surface area contributed by atoms with E-state index in [0.717, 1.165) is 6.61 Å². The van der Waals surface area contributed by atoms with Crippen LogP contribution < -0.4 is 5.32 Å². The number of nitrogens with one attached hydrogen (secondary N) is 1. The molecule has 1 aliphatic rings. The van der Waals surface area contributed by atoms with Crippen LogP contribution in [0.15, 0.2) is 0 Å². The molecule has 2 nitrogen and oxygen atoms in total. The average Bonchev–Trinajstić information content (AvgIpc) is 2.13. The van der Waals surface area contributed by atoms with Crippen LogP contribution in [0, 0.1) is 5.92 Å². The zero-order valence-corrected chi connectivity index (χ0v) is 12.6. The third-order valence-electron chi connectivity index (χ3n) is 3.76. The van der Waals surface area contributed by atoms with Crippen LogP contribution in [-0.2, 0) is 4.74 Å². The van der Waals surface area contributed by atoms with Crippen molar-refractivity contribution < 1.29 is 4.74 Å². The van der Waals surface area contributed by atoms with Gasteiger partial charge < -0.3 is 10.1 Å². The van der Waals surface area contributed by atoms with Gasteiger partial charge in [-0.05, 0) is 59.8 Å². The van der Waals surface area contributed by atoms with Crippen LogP contribution in [0.3, 0.4) is 0 Å². The maximum Gasteiger partial charge on any atom is 0.0576 e. The first kappa shape index (κ1) is 15.0. The second-order valence-electron chi connectivity index (χ2n) is 6.99. The number of ether oxygens (including phenoxy) is 1. The molecule has 1 atom stereocenters. The lowest BCUT2D eigenvalue weighted by Crippen LogP contribution is -2.59. The zero-order valence-electron chi connectivity index (χ0n) is 12.6. The van der Waals surface area contributed by atoms with Crippen molar-refractivity contribution in [3.8, 4) is 0 Å². The van der Waals surface area contributed by atoms with Crippen LogP contribution in [0.5, 0.6) is 0 Å². The molecule has 0 aliphatic carbocycles. The Morgan fingerprint density at radius 1 is 1.18 bits per heavy atom. The van der Waals surface area contributed by atoms with Gasteiger partial charge in [-0.1, -0.05) is 13.3 Å². The van der Waals surface area contributed by atoms with Gasteiger partial charge in [-0.25, -0.2) is 0 Å². The molecule has 1 unspecified atom stereocenters. The van der Waals surface area contributed by atoms with Crippen LogP contribution in [0.4, 0.5) is 0 Å². The highest BCUT2D eigenvalue weighted by molar-refractivity contribution is 4.98. The summed E-state index contributed by atoms with van der Waals surface area (Å²) >= 11 is 0. The van der Waals surface area contributed by atoms with E-state index in [0.29, 0.717) is 12.0 Å². The van der Waals surface area contributed by atoms with Gasteiger partial charge >= 0.3 is 0 Å². The Hall–Kier alpha value is -0.0800. The third kappa shape index (κ3) is 4.97. The Morgan fingerprint density at radius 3 is 2.18 bits per heavy atom. The van der Waals surface area contributed by atoms with E-state index in [2.05, 4.69) is 46.9 Å². The SMILES string of the molecule is CCCCOC(C)C1CC(C)(C)NC(C)(C)C1. The highest BCUT2D eigenvalue weighted by atomic mass is 16.5. The molecule has 0 aromatic carbocycles. The standard InChI is InChI=1S/C15H31NO/c1-7-8-9-17-12(2)13-10-14(3,4)16-15(5,6)11-13/h12-13,16H,7-11H2,1-6H3. The molecule has 0 bridgehead atoms. The Morgan fingerprint density at radius 2 is 1.71 bits per heavy atom. The summed E-state index contributed by atoms with van der Waals surface area (Å²) in [7, 11) is 0. The molecule has 0 aromatic heterocycles. The summed E-state index contributed by atoms with van der Waals surface area (Å²) in [5, 5.41) is 3.73. The number of hydrogen-bond donors (Lipinski definition) is 1. The van der Waals surface area contributed by atoms with Crippen LogP contribution in [0.25, 0.3) is 0 Å². The largest absolute Gasteiger partial charge is 0.378 e. The molecule has 1 heterocycles. The molecule has 0 amide bonds. The lowest BCUT2D eigenvalue weighted by atomic mass is 9.74. The normalized spacial score (nSPS) is 25.8. The Labute approximate surface area is 108 Å². The molecule has 0 saturated carbocycles. The minimum Gasteiger partial charge on any atom is -0.378 e. The van der Waals surface area contributed by atoms with Gasteiger partial charge in [0.2, 0.25) is 0 Å². The zero-order chi connectivity index (χ0) is 13.1. The second kappa shape index (κ2) is 5.71. The number of hydrogen-bond acceptors (Lipinski definition) is 2. The van der Waals surface area contributed by atoms with E-state index in [4.69, 9.17) is 4.74 Å². The molecular weight excluding hydrogens is 210 g/mol. The monoisotopic (exact) mass is 241 g/mol. The third-order valence-corrected chi connectivity index (χ3v) is 3.76. The minimum absolute atomic E-state index is 0.231. The Kier molecular flexibility index (Phi) is 5.03. The summed E-state index contributed by atoms with van der Waals surface area (Å²) in [4.78, 5) is 0.